The van der Waals surface area contributed by atoms with E-state index in [1.807, 2.05) is 21.1 Å². The summed E-state index contributed by atoms with van der Waals surface area (Å²) in [6.07, 6.45) is -1.96. The van der Waals surface area contributed by atoms with Crippen molar-refractivity contribution in [2.24, 2.45) is 0 Å². The van der Waals surface area contributed by atoms with Gasteiger partial charge in [-0.2, -0.15) is 0 Å². The zero-order valence-electron chi connectivity index (χ0n) is 12.0. The first-order valence-corrected chi connectivity index (χ1v) is 5.79. The van der Waals surface area contributed by atoms with Gasteiger partial charge in [0, 0.05) is 12.4 Å². The maximum absolute atomic E-state index is 11.5. The molecule has 106 valence electrons. The number of quaternary nitrogens is 1. The van der Waals surface area contributed by atoms with E-state index in [-0.39, 0.29) is 6.42 Å². The molecule has 0 rings (SSSR count). The fourth-order valence-electron chi connectivity index (χ4n) is 1.35. The Hall–Kier alpha value is -1.30. The van der Waals surface area contributed by atoms with Crippen LogP contribution in [0.2, 0.25) is 0 Å². The number of rotatable bonds is 5. The van der Waals surface area contributed by atoms with Crippen LogP contribution < -0.4 is 5.11 Å². The summed E-state index contributed by atoms with van der Waals surface area (Å²) in [5.41, 5.74) is -0.667. The number of hydrogen-bond donors (Lipinski definition) is 0. The van der Waals surface area contributed by atoms with E-state index >= 15 is 0 Å². The molecule has 0 heterocycles. The lowest BCUT2D eigenvalue weighted by atomic mass is 10.2. The first-order valence-electron chi connectivity index (χ1n) is 5.79. The normalized spacial score (nSPS) is 13.9. The monoisotopic (exact) mass is 261 g/mol. The van der Waals surface area contributed by atoms with Gasteiger partial charge in [-0.1, -0.05) is 0 Å². The van der Waals surface area contributed by atoms with Crippen molar-refractivity contribution in [3.05, 3.63) is 0 Å². The summed E-state index contributed by atoms with van der Waals surface area (Å²) >= 11 is 0. The predicted octanol–water partition coefficient (Wildman–Crippen LogP) is 0.153. The van der Waals surface area contributed by atoms with Gasteiger partial charge in [0.15, 0.2) is 6.10 Å². The Bertz CT molecular complexity index is 301. The fourth-order valence-corrected chi connectivity index (χ4v) is 1.35. The number of carboxylic acids is 1. The van der Waals surface area contributed by atoms with Crippen molar-refractivity contribution in [1.29, 1.82) is 0 Å². The number of aliphatic carboxylic acids is 1. The second kappa shape index (κ2) is 6.04. The highest BCUT2D eigenvalue weighted by Crippen LogP contribution is 2.11. The van der Waals surface area contributed by atoms with Gasteiger partial charge in [0.2, 0.25) is 0 Å². The van der Waals surface area contributed by atoms with Gasteiger partial charge in [0.1, 0.15) is 12.1 Å². The third-order valence-electron chi connectivity index (χ3n) is 1.80. The van der Waals surface area contributed by atoms with Crippen LogP contribution in [0.1, 0.15) is 27.2 Å². The summed E-state index contributed by atoms with van der Waals surface area (Å²) in [5.74, 6) is -1.25. The van der Waals surface area contributed by atoms with Crippen LogP contribution in [0.15, 0.2) is 0 Å². The van der Waals surface area contributed by atoms with Crippen LogP contribution in [0, 0.1) is 0 Å². The summed E-state index contributed by atoms with van der Waals surface area (Å²) in [4.78, 5) is 22.1. The molecule has 0 aliphatic rings. The van der Waals surface area contributed by atoms with Crippen molar-refractivity contribution in [3.63, 3.8) is 0 Å². The average molecular weight is 261 g/mol. The molecule has 0 unspecified atom stereocenters. The Labute approximate surface area is 108 Å². The molecule has 0 aliphatic heterocycles. The number of carbonyl (C=O) groups excluding carboxylic acids is 2. The molecule has 0 aromatic heterocycles. The summed E-state index contributed by atoms with van der Waals surface area (Å²) in [7, 11) is 5.63. The van der Waals surface area contributed by atoms with E-state index in [1.54, 1.807) is 20.8 Å². The topological polar surface area (TPSA) is 75.7 Å². The maximum Gasteiger partial charge on any atom is 0.509 e. The van der Waals surface area contributed by atoms with Gasteiger partial charge in [-0.05, 0) is 20.8 Å². The number of nitrogens with zero attached hydrogens (tertiary/aromatic N) is 1. The van der Waals surface area contributed by atoms with E-state index in [2.05, 4.69) is 0 Å². The van der Waals surface area contributed by atoms with E-state index in [0.29, 0.717) is 11.0 Å². The van der Waals surface area contributed by atoms with Crippen LogP contribution in [-0.4, -0.2) is 56.0 Å². The van der Waals surface area contributed by atoms with Gasteiger partial charge in [0.25, 0.3) is 0 Å². The minimum Gasteiger partial charge on any atom is -0.550 e. The van der Waals surface area contributed by atoms with Gasteiger partial charge in [0.05, 0.1) is 21.1 Å². The van der Waals surface area contributed by atoms with Crippen molar-refractivity contribution < 1.29 is 28.7 Å². The van der Waals surface area contributed by atoms with Gasteiger partial charge in [-0.3, -0.25) is 0 Å². The lowest BCUT2D eigenvalue weighted by Crippen LogP contribution is -2.45. The van der Waals surface area contributed by atoms with E-state index in [9.17, 15) is 14.7 Å². The second-order valence-electron chi connectivity index (χ2n) is 6.25. The Morgan fingerprint density at radius 1 is 1.22 bits per heavy atom. The number of carbonyl (C=O) groups is 2. The maximum atomic E-state index is 11.5. The van der Waals surface area contributed by atoms with Crippen molar-refractivity contribution in [1.82, 2.24) is 0 Å². The Morgan fingerprint density at radius 2 is 1.72 bits per heavy atom. The van der Waals surface area contributed by atoms with Crippen LogP contribution in [0.3, 0.4) is 0 Å². The van der Waals surface area contributed by atoms with Crippen LogP contribution >= 0.6 is 0 Å². The van der Waals surface area contributed by atoms with Gasteiger partial charge in [-0.15, -0.1) is 0 Å². The number of likely N-dealkylation sites (N-methyl/N-ethyl adjacent to an activating group) is 1. The smallest absolute Gasteiger partial charge is 0.509 e. The molecule has 18 heavy (non-hydrogen) atoms. The predicted molar refractivity (Wildman–Crippen MR) is 63.6 cm³/mol. The average Bonchev–Trinajstić information content (AvgIpc) is 1.92. The number of hydrogen-bond acceptors (Lipinski definition) is 5. The van der Waals surface area contributed by atoms with Crippen LogP contribution in [0.25, 0.3) is 0 Å². The van der Waals surface area contributed by atoms with Gasteiger partial charge < -0.3 is 23.9 Å². The largest absolute Gasteiger partial charge is 0.550 e. The highest BCUT2D eigenvalue weighted by molar-refractivity contribution is 5.66. The van der Waals surface area contributed by atoms with Crippen LogP contribution in [-0.2, 0) is 14.3 Å². The van der Waals surface area contributed by atoms with Crippen molar-refractivity contribution in [3.8, 4) is 0 Å². The molecule has 6 heteroatoms. The molecule has 0 bridgehead atoms. The van der Waals surface area contributed by atoms with Gasteiger partial charge >= 0.3 is 6.16 Å². The van der Waals surface area contributed by atoms with Crippen molar-refractivity contribution >= 4 is 12.1 Å². The minimum atomic E-state index is -1.25. The van der Waals surface area contributed by atoms with E-state index in [0.717, 1.165) is 0 Å². The van der Waals surface area contributed by atoms with E-state index < -0.39 is 23.8 Å². The molecule has 0 saturated carbocycles. The Balaban J connectivity index is 4.50. The third-order valence-corrected chi connectivity index (χ3v) is 1.80. The number of ether oxygens (including phenoxy) is 2. The molecule has 0 saturated heterocycles. The molecule has 0 amide bonds. The Kier molecular flexibility index (Phi) is 5.60. The second-order valence-corrected chi connectivity index (χ2v) is 6.25. The lowest BCUT2D eigenvalue weighted by Gasteiger charge is -2.29. The molecule has 0 fully saturated rings. The zero-order chi connectivity index (χ0) is 14.6. The summed E-state index contributed by atoms with van der Waals surface area (Å²) < 4.78 is 10.5. The summed E-state index contributed by atoms with van der Waals surface area (Å²) in [6.45, 7) is 5.50. The molecular weight excluding hydrogens is 238 g/mol. The first kappa shape index (κ1) is 16.7. The van der Waals surface area contributed by atoms with Crippen molar-refractivity contribution in [2.75, 3.05) is 27.7 Å². The lowest BCUT2D eigenvalue weighted by molar-refractivity contribution is -0.873. The third kappa shape index (κ3) is 9.89. The first-order chi connectivity index (χ1) is 7.89. The molecule has 0 aromatic rings. The molecule has 0 spiro atoms. The fraction of sp³-hybridized carbons (Fsp3) is 0.833. The molecule has 0 N–H and O–H groups in total. The van der Waals surface area contributed by atoms with E-state index in [4.69, 9.17) is 9.47 Å². The highest BCUT2D eigenvalue weighted by Gasteiger charge is 2.25. The van der Waals surface area contributed by atoms with Crippen LogP contribution in [0.5, 0.6) is 0 Å². The van der Waals surface area contributed by atoms with Crippen molar-refractivity contribution in [2.45, 2.75) is 38.9 Å². The highest BCUT2D eigenvalue weighted by atomic mass is 16.7. The SMILES string of the molecule is CC(C)(C)OC(=O)O[C@@H](CC(=O)[O-])C[N+](C)(C)C. The van der Waals surface area contributed by atoms with Gasteiger partial charge in [-0.25, -0.2) is 4.79 Å². The molecule has 1 atom stereocenters. The molecule has 6 nitrogen and oxygen atoms in total. The number of carboxylic acid groups (broad SMARTS) is 1. The summed E-state index contributed by atoms with van der Waals surface area (Å²) in [6, 6.07) is 0. The molecule has 0 radical (unpaired) electrons. The molecular formula is C12H23NO5. The van der Waals surface area contributed by atoms with Crippen LogP contribution in [0.4, 0.5) is 4.79 Å². The standard InChI is InChI=1S/C12H23NO5/c1-12(2,3)18-11(16)17-9(7-10(14)15)8-13(4,5)6/h9H,7-8H2,1-6H3/t9-/m0/s1. The summed E-state index contributed by atoms with van der Waals surface area (Å²) in [5, 5.41) is 10.6. The molecule has 0 aliphatic carbocycles. The van der Waals surface area contributed by atoms with E-state index in [1.165, 1.54) is 0 Å². The minimum absolute atomic E-state index is 0.339. The molecule has 0 aromatic carbocycles. The zero-order valence-corrected chi connectivity index (χ0v) is 12.0. The Morgan fingerprint density at radius 3 is 2.06 bits per heavy atom. The quantitative estimate of drug-likeness (QED) is 0.520.